The molecule has 2 aliphatic rings. The van der Waals surface area contributed by atoms with Crippen molar-refractivity contribution >= 4 is 104 Å². The number of nitrogens with zero attached hydrogens (tertiary/aromatic N) is 3. The lowest BCUT2D eigenvalue weighted by atomic mass is 9.66. The van der Waals surface area contributed by atoms with Crippen LogP contribution in [-0.2, 0) is 5.41 Å². The molecule has 7 aromatic carbocycles. The van der Waals surface area contributed by atoms with E-state index in [-0.39, 0.29) is 6.04 Å². The van der Waals surface area contributed by atoms with E-state index >= 15 is 0 Å². The van der Waals surface area contributed by atoms with Crippen molar-refractivity contribution in [1.82, 2.24) is 4.57 Å². The van der Waals surface area contributed by atoms with Crippen LogP contribution >= 0.6 is 11.3 Å². The molecule has 0 saturated carbocycles. The Balaban J connectivity index is 1.21. The van der Waals surface area contributed by atoms with Gasteiger partial charge in [0.15, 0.2) is 0 Å². The molecule has 1 aliphatic carbocycles. The standard InChI is InChI=1S/C47H29N3OS/c1-47-35-18-8-2-12-27(35)23-25-40(47)48-46(49-45(47)28-22-24-30-29-13-6-10-20-37(29)51-38(30)26-28)50-36-19-9-5-16-33(36)41-31-14-3-4-15-32(31)42-34-17-7-11-21-39(34)52-44(42)43(41)50/h2-26,40H,1H3. The van der Waals surface area contributed by atoms with Crippen LogP contribution in [0.4, 0.5) is 0 Å². The highest BCUT2D eigenvalue weighted by atomic mass is 32.1. The van der Waals surface area contributed by atoms with Gasteiger partial charge in [-0.3, -0.25) is 4.57 Å². The predicted octanol–water partition coefficient (Wildman–Crippen LogP) is 12.3. The zero-order chi connectivity index (χ0) is 34.1. The average molecular weight is 684 g/mol. The maximum atomic E-state index is 6.45. The molecule has 5 heteroatoms. The minimum Gasteiger partial charge on any atom is -0.456 e. The highest BCUT2D eigenvalue weighted by Gasteiger charge is 2.46. The van der Waals surface area contributed by atoms with Crippen LogP contribution < -0.4 is 0 Å². The summed E-state index contributed by atoms with van der Waals surface area (Å²) in [6.07, 6.45) is 4.51. The van der Waals surface area contributed by atoms with E-state index in [2.05, 4.69) is 151 Å². The third-order valence-electron chi connectivity index (χ3n) is 11.5. The first-order valence-electron chi connectivity index (χ1n) is 17.8. The molecule has 0 amide bonds. The van der Waals surface area contributed by atoms with Crippen LogP contribution in [0.5, 0.6) is 0 Å². The van der Waals surface area contributed by atoms with Crippen LogP contribution in [0.1, 0.15) is 23.6 Å². The van der Waals surface area contributed by atoms with Gasteiger partial charge in [-0.25, -0.2) is 9.98 Å². The lowest BCUT2D eigenvalue weighted by Crippen LogP contribution is -2.48. The van der Waals surface area contributed by atoms with Gasteiger partial charge in [-0.05, 0) is 59.2 Å². The Morgan fingerprint density at radius 3 is 2.23 bits per heavy atom. The zero-order valence-electron chi connectivity index (χ0n) is 28.2. The average Bonchev–Trinajstić information content (AvgIpc) is 3.87. The van der Waals surface area contributed by atoms with Crippen LogP contribution in [0, 0.1) is 0 Å². The SMILES string of the molecule is CC12C(c3ccc4c(c3)oc3ccccc34)=NC(n3c4ccccc4c4c5ccccc5c5c6ccccc6sc5c43)=NC1C=Cc1ccccc12. The molecule has 4 heterocycles. The summed E-state index contributed by atoms with van der Waals surface area (Å²) in [6.45, 7) is 2.31. The Morgan fingerprint density at radius 2 is 1.35 bits per heavy atom. The molecular weight excluding hydrogens is 655 g/mol. The van der Waals surface area contributed by atoms with Crippen molar-refractivity contribution in [2.45, 2.75) is 18.4 Å². The minimum atomic E-state index is -0.507. The normalized spacial score (nSPS) is 18.5. The minimum absolute atomic E-state index is 0.175. The van der Waals surface area contributed by atoms with Crippen LogP contribution in [0.3, 0.4) is 0 Å². The van der Waals surface area contributed by atoms with E-state index in [9.17, 15) is 0 Å². The summed E-state index contributed by atoms with van der Waals surface area (Å²) in [5.74, 6) is 0.700. The van der Waals surface area contributed by atoms with Crippen molar-refractivity contribution in [3.63, 3.8) is 0 Å². The molecule has 0 saturated heterocycles. The van der Waals surface area contributed by atoms with Gasteiger partial charge in [0, 0.05) is 42.6 Å². The second-order valence-corrected chi connectivity index (χ2v) is 15.3. The van der Waals surface area contributed by atoms with Gasteiger partial charge in [0.2, 0.25) is 5.96 Å². The highest BCUT2D eigenvalue weighted by molar-refractivity contribution is 7.27. The van der Waals surface area contributed by atoms with Gasteiger partial charge in [0.25, 0.3) is 0 Å². The number of aliphatic imine (C=N–C) groups is 2. The summed E-state index contributed by atoms with van der Waals surface area (Å²) in [6, 6.07) is 49.8. The van der Waals surface area contributed by atoms with Crippen LogP contribution in [0.15, 0.2) is 160 Å². The first kappa shape index (κ1) is 28.4. The first-order chi connectivity index (χ1) is 25.7. The summed E-state index contributed by atoms with van der Waals surface area (Å²) in [5.41, 5.74) is 7.97. The third kappa shape index (κ3) is 3.60. The van der Waals surface area contributed by atoms with Crippen LogP contribution in [0.25, 0.3) is 80.8 Å². The van der Waals surface area contributed by atoms with Gasteiger partial charge in [0.1, 0.15) is 11.2 Å². The lowest BCUT2D eigenvalue weighted by molar-refractivity contribution is 0.548. The molecule has 3 aromatic heterocycles. The van der Waals surface area contributed by atoms with E-state index in [0.717, 1.165) is 44.2 Å². The number of benzene rings is 7. The topological polar surface area (TPSA) is 42.8 Å². The van der Waals surface area contributed by atoms with Gasteiger partial charge in [-0.15, -0.1) is 11.3 Å². The maximum Gasteiger partial charge on any atom is 0.230 e. The van der Waals surface area contributed by atoms with Gasteiger partial charge < -0.3 is 4.42 Å². The Labute approximate surface area is 302 Å². The van der Waals surface area contributed by atoms with E-state index in [1.54, 1.807) is 0 Å². The van der Waals surface area contributed by atoms with Gasteiger partial charge in [-0.1, -0.05) is 121 Å². The second kappa shape index (κ2) is 10.2. The van der Waals surface area contributed by atoms with E-state index in [4.69, 9.17) is 14.4 Å². The van der Waals surface area contributed by atoms with Crippen molar-refractivity contribution in [1.29, 1.82) is 0 Å². The van der Waals surface area contributed by atoms with Gasteiger partial charge in [-0.2, -0.15) is 0 Å². The van der Waals surface area contributed by atoms with Crippen molar-refractivity contribution in [3.05, 3.63) is 162 Å². The van der Waals surface area contributed by atoms with E-state index in [1.807, 2.05) is 23.5 Å². The Kier molecular flexibility index (Phi) is 5.54. The zero-order valence-corrected chi connectivity index (χ0v) is 29.0. The smallest absolute Gasteiger partial charge is 0.230 e. The summed E-state index contributed by atoms with van der Waals surface area (Å²) in [4.78, 5) is 11.3. The monoisotopic (exact) mass is 683 g/mol. The van der Waals surface area contributed by atoms with E-state index in [0.29, 0.717) is 5.96 Å². The molecule has 10 aromatic rings. The molecule has 4 nitrogen and oxygen atoms in total. The predicted molar refractivity (Wildman–Crippen MR) is 220 cm³/mol. The largest absolute Gasteiger partial charge is 0.456 e. The quantitative estimate of drug-likeness (QED) is 0.170. The molecule has 1 aliphatic heterocycles. The fourth-order valence-corrected chi connectivity index (χ4v) is 10.4. The molecule has 0 bridgehead atoms. The fraction of sp³-hybridized carbons (Fsp3) is 0.0638. The molecule has 12 rings (SSSR count). The van der Waals surface area contributed by atoms with Crippen molar-refractivity contribution in [2.75, 3.05) is 0 Å². The van der Waals surface area contributed by atoms with Gasteiger partial charge in [0.05, 0.1) is 32.9 Å². The molecule has 2 unspecified atom stereocenters. The van der Waals surface area contributed by atoms with Crippen LogP contribution in [-0.4, -0.2) is 22.3 Å². The van der Waals surface area contributed by atoms with Gasteiger partial charge >= 0.3 is 0 Å². The fourth-order valence-electron chi connectivity index (χ4n) is 9.15. The Hall–Kier alpha value is -6.30. The number of aromatic nitrogens is 1. The van der Waals surface area contributed by atoms with Crippen molar-refractivity contribution in [3.8, 4) is 0 Å². The molecule has 0 fully saturated rings. The molecule has 2 atom stereocenters. The third-order valence-corrected chi connectivity index (χ3v) is 12.7. The van der Waals surface area contributed by atoms with Crippen molar-refractivity contribution < 1.29 is 4.42 Å². The molecular formula is C47H29N3OS. The summed E-state index contributed by atoms with van der Waals surface area (Å²) >= 11 is 1.86. The second-order valence-electron chi connectivity index (χ2n) is 14.2. The number of hydrogen-bond acceptors (Lipinski definition) is 4. The lowest BCUT2D eigenvalue weighted by Gasteiger charge is -2.41. The summed E-state index contributed by atoms with van der Waals surface area (Å²) < 4.78 is 11.3. The van der Waals surface area contributed by atoms with E-state index < -0.39 is 5.41 Å². The number of hydrogen-bond donors (Lipinski definition) is 0. The first-order valence-corrected chi connectivity index (χ1v) is 18.6. The Bertz CT molecular complexity index is 3280. The van der Waals surface area contributed by atoms with Crippen molar-refractivity contribution in [2.24, 2.45) is 9.98 Å². The number of fused-ring (bicyclic) bond motifs is 16. The molecule has 244 valence electrons. The molecule has 0 N–H and O–H groups in total. The molecule has 0 radical (unpaired) electrons. The molecule has 52 heavy (non-hydrogen) atoms. The Morgan fingerprint density at radius 1 is 0.654 bits per heavy atom. The number of thiophene rings is 1. The van der Waals surface area contributed by atoms with E-state index in [1.165, 1.54) is 52.8 Å². The molecule has 0 spiro atoms. The van der Waals surface area contributed by atoms with Crippen LogP contribution in [0.2, 0.25) is 0 Å². The number of rotatable bonds is 1. The maximum absolute atomic E-state index is 6.45. The summed E-state index contributed by atoms with van der Waals surface area (Å²) in [5, 5.41) is 9.77. The summed E-state index contributed by atoms with van der Waals surface area (Å²) in [7, 11) is 0. The number of para-hydroxylation sites is 2. The number of furan rings is 1. The highest BCUT2D eigenvalue weighted by Crippen LogP contribution is 2.48.